The first-order chi connectivity index (χ1) is 18.6. The quantitative estimate of drug-likeness (QED) is 0.255. The molecule has 0 spiro atoms. The van der Waals surface area contributed by atoms with Crippen molar-refractivity contribution in [2.75, 3.05) is 4.90 Å². The molecule has 0 atom stereocenters. The van der Waals surface area contributed by atoms with Gasteiger partial charge in [-0.25, -0.2) is 0 Å². The van der Waals surface area contributed by atoms with Gasteiger partial charge in [0.2, 0.25) is 0 Å². The molecule has 0 amide bonds. The molecule has 0 bridgehead atoms. The molecule has 0 unspecified atom stereocenters. The summed E-state index contributed by atoms with van der Waals surface area (Å²) in [6, 6.07) is 32.6. The third kappa shape index (κ3) is 5.04. The monoisotopic (exact) mass is 499 g/mol. The van der Waals surface area contributed by atoms with Crippen molar-refractivity contribution in [1.82, 2.24) is 0 Å². The Kier molecular flexibility index (Phi) is 7.11. The molecule has 38 heavy (non-hydrogen) atoms. The van der Waals surface area contributed by atoms with Crippen molar-refractivity contribution in [3.63, 3.8) is 0 Å². The molecule has 6 rings (SSSR count). The van der Waals surface area contributed by atoms with E-state index in [1.165, 1.54) is 107 Å². The summed E-state index contributed by atoms with van der Waals surface area (Å²) in [5.74, 6) is 1.48. The van der Waals surface area contributed by atoms with Crippen LogP contribution >= 0.6 is 0 Å². The molecule has 1 heteroatoms. The summed E-state index contributed by atoms with van der Waals surface area (Å²) < 4.78 is 0. The molecule has 2 aliphatic rings. The van der Waals surface area contributed by atoms with Crippen LogP contribution in [0.25, 0.3) is 11.1 Å². The molecule has 4 aromatic rings. The van der Waals surface area contributed by atoms with Crippen molar-refractivity contribution in [1.29, 1.82) is 0 Å². The third-order valence-corrected chi connectivity index (χ3v) is 9.05. The van der Waals surface area contributed by atoms with Crippen LogP contribution in [0.2, 0.25) is 0 Å². The first-order valence-corrected chi connectivity index (χ1v) is 14.7. The second kappa shape index (κ2) is 10.8. The van der Waals surface area contributed by atoms with Crippen LogP contribution in [-0.2, 0) is 0 Å². The van der Waals surface area contributed by atoms with E-state index in [0.717, 1.165) is 11.8 Å². The van der Waals surface area contributed by atoms with Crippen molar-refractivity contribution >= 4 is 17.1 Å². The highest BCUT2D eigenvalue weighted by Crippen LogP contribution is 2.41. The van der Waals surface area contributed by atoms with Crippen LogP contribution < -0.4 is 4.90 Å². The molecular formula is C37H41N. The summed E-state index contributed by atoms with van der Waals surface area (Å²) in [5, 5.41) is 0. The summed E-state index contributed by atoms with van der Waals surface area (Å²) in [6.45, 7) is 6.64. The highest BCUT2D eigenvalue weighted by atomic mass is 15.1. The highest BCUT2D eigenvalue weighted by molar-refractivity contribution is 5.79. The number of nitrogens with zero attached hydrogens (tertiary/aromatic N) is 1. The topological polar surface area (TPSA) is 3.24 Å². The predicted molar refractivity (Wildman–Crippen MR) is 163 cm³/mol. The largest absolute Gasteiger partial charge is 0.311 e. The fraction of sp³-hybridized carbons (Fsp3) is 0.351. The van der Waals surface area contributed by atoms with Crippen molar-refractivity contribution in [2.45, 2.75) is 84.0 Å². The van der Waals surface area contributed by atoms with Gasteiger partial charge in [0.25, 0.3) is 0 Å². The molecule has 2 fully saturated rings. The molecule has 194 valence electrons. The first kappa shape index (κ1) is 25.0. The summed E-state index contributed by atoms with van der Waals surface area (Å²) in [4.78, 5) is 2.43. The Hall–Kier alpha value is -3.32. The lowest BCUT2D eigenvalue weighted by Gasteiger charge is -2.27. The predicted octanol–water partition coefficient (Wildman–Crippen LogP) is 11.1. The zero-order valence-electron chi connectivity index (χ0n) is 23.3. The molecule has 2 aliphatic carbocycles. The van der Waals surface area contributed by atoms with E-state index in [0.29, 0.717) is 0 Å². The second-order valence-electron chi connectivity index (χ2n) is 11.8. The van der Waals surface area contributed by atoms with Crippen molar-refractivity contribution in [2.24, 2.45) is 0 Å². The minimum absolute atomic E-state index is 0.739. The molecule has 1 nitrogen and oxygen atoms in total. The lowest BCUT2D eigenvalue weighted by molar-refractivity contribution is 0.723. The van der Waals surface area contributed by atoms with Crippen LogP contribution in [0.1, 0.15) is 91.0 Å². The van der Waals surface area contributed by atoms with Crippen LogP contribution in [0, 0.1) is 20.8 Å². The minimum Gasteiger partial charge on any atom is -0.311 e. The summed E-state index contributed by atoms with van der Waals surface area (Å²) in [5.41, 5.74) is 13.3. The van der Waals surface area contributed by atoms with E-state index in [4.69, 9.17) is 0 Å². The van der Waals surface area contributed by atoms with Gasteiger partial charge >= 0.3 is 0 Å². The van der Waals surface area contributed by atoms with Gasteiger partial charge < -0.3 is 4.90 Å². The van der Waals surface area contributed by atoms with Gasteiger partial charge in [0.1, 0.15) is 0 Å². The maximum Gasteiger partial charge on any atom is 0.0462 e. The number of rotatable bonds is 6. The molecule has 0 saturated heterocycles. The van der Waals surface area contributed by atoms with Crippen molar-refractivity contribution in [3.8, 4) is 11.1 Å². The zero-order chi connectivity index (χ0) is 26.1. The Morgan fingerprint density at radius 1 is 0.500 bits per heavy atom. The maximum atomic E-state index is 2.43. The summed E-state index contributed by atoms with van der Waals surface area (Å²) >= 11 is 0. The minimum atomic E-state index is 0.739. The lowest BCUT2D eigenvalue weighted by Crippen LogP contribution is -2.10. The van der Waals surface area contributed by atoms with Gasteiger partial charge in [0, 0.05) is 17.1 Å². The van der Waals surface area contributed by atoms with E-state index in [1.807, 2.05) is 0 Å². The smallest absolute Gasteiger partial charge is 0.0462 e. The van der Waals surface area contributed by atoms with E-state index in [1.54, 1.807) is 0 Å². The fourth-order valence-corrected chi connectivity index (χ4v) is 7.17. The Balaban J connectivity index is 1.36. The summed E-state index contributed by atoms with van der Waals surface area (Å²) in [6.07, 6.45) is 10.8. The van der Waals surface area contributed by atoms with Crippen LogP contribution in [0.5, 0.6) is 0 Å². The number of benzene rings is 4. The first-order valence-electron chi connectivity index (χ1n) is 14.7. The van der Waals surface area contributed by atoms with Gasteiger partial charge in [-0.05, 0) is 128 Å². The van der Waals surface area contributed by atoms with E-state index in [9.17, 15) is 0 Å². The van der Waals surface area contributed by atoms with Gasteiger partial charge in [-0.3, -0.25) is 0 Å². The molecule has 0 radical (unpaired) electrons. The molecule has 2 saturated carbocycles. The van der Waals surface area contributed by atoms with E-state index in [2.05, 4.69) is 111 Å². The average molecular weight is 500 g/mol. The van der Waals surface area contributed by atoms with Gasteiger partial charge in [-0.2, -0.15) is 0 Å². The Labute approximate surface area is 229 Å². The maximum absolute atomic E-state index is 2.43. The highest BCUT2D eigenvalue weighted by Gasteiger charge is 2.20. The van der Waals surface area contributed by atoms with Gasteiger partial charge in [0.15, 0.2) is 0 Å². The van der Waals surface area contributed by atoms with Crippen molar-refractivity contribution < 1.29 is 0 Å². The van der Waals surface area contributed by atoms with Crippen LogP contribution in [0.3, 0.4) is 0 Å². The molecule has 0 aromatic heterocycles. The van der Waals surface area contributed by atoms with Gasteiger partial charge in [-0.1, -0.05) is 79.8 Å². The molecule has 4 aromatic carbocycles. The zero-order valence-corrected chi connectivity index (χ0v) is 23.3. The molecule has 0 aliphatic heterocycles. The molecule has 0 heterocycles. The fourth-order valence-electron chi connectivity index (χ4n) is 7.17. The molecule has 0 N–H and O–H groups in total. The summed E-state index contributed by atoms with van der Waals surface area (Å²) in [7, 11) is 0. The second-order valence-corrected chi connectivity index (χ2v) is 11.8. The number of anilines is 3. The standard InChI is InChI=1S/C37H41N/c1-26-24-27(2)37(28(3)25-26)33-16-22-36(23-17-33)38(34-18-12-31(13-19-34)29-8-4-5-9-29)35-20-14-32(15-21-35)30-10-6-7-11-30/h12-25,29-30H,4-11H2,1-3H3. The SMILES string of the molecule is Cc1cc(C)c(-c2ccc(N(c3ccc(C4CCCC4)cc3)c3ccc(C4CCCC4)cc3)cc2)c(C)c1. The van der Waals surface area contributed by atoms with E-state index >= 15 is 0 Å². The Morgan fingerprint density at radius 2 is 0.868 bits per heavy atom. The third-order valence-electron chi connectivity index (χ3n) is 9.05. The number of hydrogen-bond donors (Lipinski definition) is 0. The molecular weight excluding hydrogens is 458 g/mol. The van der Waals surface area contributed by atoms with Crippen LogP contribution in [0.4, 0.5) is 17.1 Å². The van der Waals surface area contributed by atoms with Gasteiger partial charge in [-0.15, -0.1) is 0 Å². The Bertz CT molecular complexity index is 1280. The van der Waals surface area contributed by atoms with E-state index < -0.39 is 0 Å². The number of aryl methyl sites for hydroxylation is 3. The van der Waals surface area contributed by atoms with Gasteiger partial charge in [0.05, 0.1) is 0 Å². The average Bonchev–Trinajstić information content (AvgIpc) is 3.65. The normalized spacial score (nSPS) is 16.3. The van der Waals surface area contributed by atoms with Crippen molar-refractivity contribution in [3.05, 3.63) is 113 Å². The van der Waals surface area contributed by atoms with E-state index in [-0.39, 0.29) is 0 Å². The lowest BCUT2D eigenvalue weighted by atomic mass is 9.93. The Morgan fingerprint density at radius 3 is 1.26 bits per heavy atom. The van der Waals surface area contributed by atoms with Crippen LogP contribution in [0.15, 0.2) is 84.9 Å². The van der Waals surface area contributed by atoms with Crippen LogP contribution in [-0.4, -0.2) is 0 Å². The number of hydrogen-bond acceptors (Lipinski definition) is 1.